The Bertz CT molecular complexity index is 1090. The van der Waals surface area contributed by atoms with Crippen LogP contribution in [0, 0.1) is 11.7 Å². The third kappa shape index (κ3) is 4.77. The molecule has 2 aromatic rings. The third-order valence-corrected chi connectivity index (χ3v) is 7.71. The number of aryl methyl sites for hydroxylation is 1. The predicted molar refractivity (Wildman–Crippen MR) is 113 cm³/mol. The van der Waals surface area contributed by atoms with Gasteiger partial charge in [0.05, 0.1) is 4.90 Å². The third-order valence-electron chi connectivity index (χ3n) is 5.81. The smallest absolute Gasteiger partial charge is 0.243 e. The molecule has 2 heterocycles. The van der Waals surface area contributed by atoms with E-state index < -0.39 is 10.0 Å². The van der Waals surface area contributed by atoms with Gasteiger partial charge < -0.3 is 10.6 Å². The molecular weight excluding hydrogens is 421 g/mol. The summed E-state index contributed by atoms with van der Waals surface area (Å²) in [6.45, 7) is 0.846. The van der Waals surface area contributed by atoms with Crippen LogP contribution in [0.2, 0.25) is 0 Å². The van der Waals surface area contributed by atoms with Crippen LogP contribution in [0.25, 0.3) is 0 Å². The number of piperidine rings is 1. The molecule has 2 amide bonds. The summed E-state index contributed by atoms with van der Waals surface area (Å²) in [4.78, 5) is 24.2. The molecule has 2 N–H and O–H groups in total. The van der Waals surface area contributed by atoms with E-state index in [0.717, 1.165) is 11.1 Å². The van der Waals surface area contributed by atoms with Crippen molar-refractivity contribution in [1.82, 2.24) is 9.62 Å². The first-order valence-corrected chi connectivity index (χ1v) is 11.7. The van der Waals surface area contributed by atoms with Gasteiger partial charge in [-0.2, -0.15) is 4.31 Å². The topological polar surface area (TPSA) is 95.6 Å². The van der Waals surface area contributed by atoms with E-state index in [9.17, 15) is 22.4 Å². The monoisotopic (exact) mass is 445 g/mol. The Morgan fingerprint density at radius 2 is 1.81 bits per heavy atom. The molecule has 2 aromatic carbocycles. The summed E-state index contributed by atoms with van der Waals surface area (Å²) in [5.74, 6) is -0.772. The van der Waals surface area contributed by atoms with Crippen LogP contribution in [-0.4, -0.2) is 37.6 Å². The second-order valence-electron chi connectivity index (χ2n) is 7.89. The number of carbonyl (C=O) groups is 2. The summed E-state index contributed by atoms with van der Waals surface area (Å²) in [5.41, 5.74) is 2.28. The van der Waals surface area contributed by atoms with E-state index in [1.54, 1.807) is 24.3 Å². The first-order chi connectivity index (χ1) is 14.8. The molecule has 0 saturated carbocycles. The molecule has 0 bridgehead atoms. The van der Waals surface area contributed by atoms with Gasteiger partial charge in [-0.25, -0.2) is 12.8 Å². The van der Waals surface area contributed by atoms with Gasteiger partial charge in [0.25, 0.3) is 0 Å². The van der Waals surface area contributed by atoms with Crippen LogP contribution in [0.4, 0.5) is 10.1 Å². The summed E-state index contributed by atoms with van der Waals surface area (Å²) in [6, 6.07) is 10.7. The van der Waals surface area contributed by atoms with Crippen molar-refractivity contribution in [3.8, 4) is 0 Å². The molecule has 2 aliphatic heterocycles. The van der Waals surface area contributed by atoms with Gasteiger partial charge in [-0.1, -0.05) is 12.1 Å². The molecule has 9 heteroatoms. The Morgan fingerprint density at radius 1 is 1.10 bits per heavy atom. The molecule has 1 saturated heterocycles. The Hall–Kier alpha value is -2.78. The van der Waals surface area contributed by atoms with E-state index in [0.29, 0.717) is 37.9 Å². The number of fused-ring (bicyclic) bond motifs is 1. The standard InChI is InChI=1S/C22H24FN3O4S/c23-18-4-1-15(2-5-18)14-24-22(28)16-9-11-26(12-10-16)31(29,30)19-6-7-20-17(13-19)3-8-21(27)25-20/h1-2,4-7,13,16H,3,8-12,14H2,(H,24,28)(H,25,27). The fourth-order valence-electron chi connectivity index (χ4n) is 3.96. The maximum absolute atomic E-state index is 13.1. The van der Waals surface area contributed by atoms with Crippen LogP contribution in [0.5, 0.6) is 0 Å². The molecule has 0 atom stereocenters. The van der Waals surface area contributed by atoms with E-state index in [1.807, 2.05) is 0 Å². The lowest BCUT2D eigenvalue weighted by atomic mass is 9.97. The highest BCUT2D eigenvalue weighted by Gasteiger charge is 2.32. The minimum absolute atomic E-state index is 0.0668. The number of hydrogen-bond donors (Lipinski definition) is 2. The fourth-order valence-corrected chi connectivity index (χ4v) is 5.48. The highest BCUT2D eigenvalue weighted by molar-refractivity contribution is 7.89. The average molecular weight is 446 g/mol. The SMILES string of the molecule is O=C1CCc2cc(S(=O)(=O)N3CCC(C(=O)NCc4ccc(F)cc4)CC3)ccc2N1. The van der Waals surface area contributed by atoms with Gasteiger partial charge in [0.15, 0.2) is 0 Å². The van der Waals surface area contributed by atoms with Gasteiger partial charge in [0, 0.05) is 37.7 Å². The molecule has 7 nitrogen and oxygen atoms in total. The van der Waals surface area contributed by atoms with E-state index in [1.165, 1.54) is 22.5 Å². The molecule has 31 heavy (non-hydrogen) atoms. The minimum atomic E-state index is -3.66. The maximum atomic E-state index is 13.1. The number of nitrogens with one attached hydrogen (secondary N) is 2. The first-order valence-electron chi connectivity index (χ1n) is 10.3. The van der Waals surface area contributed by atoms with Gasteiger partial charge in [0.2, 0.25) is 21.8 Å². The van der Waals surface area contributed by atoms with Gasteiger partial charge in [-0.05, 0) is 60.7 Å². The summed E-state index contributed by atoms with van der Waals surface area (Å²) in [6.07, 6.45) is 1.74. The van der Waals surface area contributed by atoms with Crippen molar-refractivity contribution in [2.75, 3.05) is 18.4 Å². The fraction of sp³-hybridized carbons (Fsp3) is 0.364. The lowest BCUT2D eigenvalue weighted by Crippen LogP contribution is -2.42. The molecule has 0 unspecified atom stereocenters. The van der Waals surface area contributed by atoms with E-state index in [4.69, 9.17) is 0 Å². The number of carbonyl (C=O) groups excluding carboxylic acids is 2. The van der Waals surface area contributed by atoms with Crippen LogP contribution >= 0.6 is 0 Å². The zero-order valence-electron chi connectivity index (χ0n) is 16.9. The van der Waals surface area contributed by atoms with Crippen molar-refractivity contribution in [2.24, 2.45) is 5.92 Å². The number of benzene rings is 2. The normalized spacial score (nSPS) is 17.6. The minimum Gasteiger partial charge on any atom is -0.352 e. The molecule has 4 rings (SSSR count). The second-order valence-corrected chi connectivity index (χ2v) is 9.83. The zero-order valence-corrected chi connectivity index (χ0v) is 17.8. The van der Waals surface area contributed by atoms with Crippen molar-refractivity contribution >= 4 is 27.5 Å². The second kappa shape index (κ2) is 8.76. The summed E-state index contributed by atoms with van der Waals surface area (Å²) in [7, 11) is -3.66. The van der Waals surface area contributed by atoms with Gasteiger partial charge >= 0.3 is 0 Å². The van der Waals surface area contributed by atoms with Crippen LogP contribution in [0.1, 0.15) is 30.4 Å². The average Bonchev–Trinajstić information content (AvgIpc) is 2.78. The largest absolute Gasteiger partial charge is 0.352 e. The number of rotatable bonds is 5. The highest BCUT2D eigenvalue weighted by atomic mass is 32.2. The Kier molecular flexibility index (Phi) is 6.06. The Morgan fingerprint density at radius 3 is 2.52 bits per heavy atom. The van der Waals surface area contributed by atoms with Crippen molar-refractivity contribution in [1.29, 1.82) is 0 Å². The Balaban J connectivity index is 1.35. The molecule has 1 fully saturated rings. The van der Waals surface area contributed by atoms with E-state index >= 15 is 0 Å². The van der Waals surface area contributed by atoms with Crippen molar-refractivity contribution in [2.45, 2.75) is 37.1 Å². The lowest BCUT2D eigenvalue weighted by Gasteiger charge is -2.31. The zero-order chi connectivity index (χ0) is 22.0. The molecule has 2 aliphatic rings. The predicted octanol–water partition coefficient (Wildman–Crippen LogP) is 2.43. The summed E-state index contributed by atoms with van der Waals surface area (Å²) >= 11 is 0. The first kappa shape index (κ1) is 21.5. The summed E-state index contributed by atoms with van der Waals surface area (Å²) < 4.78 is 40.5. The number of halogens is 1. The molecule has 0 radical (unpaired) electrons. The quantitative estimate of drug-likeness (QED) is 0.739. The molecule has 0 spiro atoms. The number of hydrogen-bond acceptors (Lipinski definition) is 4. The number of sulfonamides is 1. The van der Waals surface area contributed by atoms with Crippen LogP contribution in [-0.2, 0) is 32.6 Å². The van der Waals surface area contributed by atoms with E-state index in [-0.39, 0.29) is 41.5 Å². The van der Waals surface area contributed by atoms with Gasteiger partial charge in [-0.3, -0.25) is 9.59 Å². The lowest BCUT2D eigenvalue weighted by molar-refractivity contribution is -0.126. The van der Waals surface area contributed by atoms with Gasteiger partial charge in [0.1, 0.15) is 5.82 Å². The molecular formula is C22H24FN3O4S. The van der Waals surface area contributed by atoms with Crippen molar-refractivity contribution < 1.29 is 22.4 Å². The van der Waals surface area contributed by atoms with Crippen LogP contribution in [0.15, 0.2) is 47.4 Å². The number of anilines is 1. The van der Waals surface area contributed by atoms with Crippen LogP contribution < -0.4 is 10.6 Å². The Labute approximate surface area is 180 Å². The summed E-state index contributed by atoms with van der Waals surface area (Å²) in [5, 5.41) is 5.60. The van der Waals surface area contributed by atoms with Gasteiger partial charge in [-0.15, -0.1) is 0 Å². The van der Waals surface area contributed by atoms with E-state index in [2.05, 4.69) is 10.6 Å². The van der Waals surface area contributed by atoms with Crippen molar-refractivity contribution in [3.05, 3.63) is 59.4 Å². The number of amides is 2. The number of nitrogens with zero attached hydrogens (tertiary/aromatic N) is 1. The maximum Gasteiger partial charge on any atom is 0.243 e. The highest BCUT2D eigenvalue weighted by Crippen LogP contribution is 2.29. The van der Waals surface area contributed by atoms with Crippen molar-refractivity contribution in [3.63, 3.8) is 0 Å². The molecule has 164 valence electrons. The molecule has 0 aliphatic carbocycles. The van der Waals surface area contributed by atoms with Crippen LogP contribution in [0.3, 0.4) is 0 Å². The molecule has 0 aromatic heterocycles.